The monoisotopic (exact) mass is 452 g/mol. The molecule has 172 valence electrons. The Hall–Kier alpha value is -2.27. The molecule has 0 heterocycles. The second-order valence-electron chi connectivity index (χ2n) is 8.84. The molecule has 5 heteroatoms. The SMILES string of the molecule is CC[C@@H](C(=O)NC1CCCC1)N(Cc1cccc(C)c1)C(=O)CSCc1ccccc1C. The first-order valence-electron chi connectivity index (χ1n) is 11.8. The maximum Gasteiger partial charge on any atom is 0.243 e. The second-order valence-corrected chi connectivity index (χ2v) is 9.83. The van der Waals surface area contributed by atoms with Crippen LogP contribution in [0.1, 0.15) is 61.3 Å². The van der Waals surface area contributed by atoms with E-state index in [-0.39, 0.29) is 17.9 Å². The topological polar surface area (TPSA) is 49.4 Å². The number of benzene rings is 2. The van der Waals surface area contributed by atoms with Gasteiger partial charge in [-0.2, -0.15) is 0 Å². The standard InChI is InChI=1S/C27H36N2O2S/c1-4-25(27(31)28-24-14-7-8-15-24)29(17-22-12-9-10-20(2)16-22)26(30)19-32-18-23-13-6-5-11-21(23)3/h5-6,9-13,16,24-25H,4,7-8,14-15,17-19H2,1-3H3,(H,28,31)/t25-/m0/s1. The van der Waals surface area contributed by atoms with Crippen molar-refractivity contribution < 1.29 is 9.59 Å². The van der Waals surface area contributed by atoms with Gasteiger partial charge in [0.25, 0.3) is 0 Å². The van der Waals surface area contributed by atoms with Gasteiger partial charge in [-0.3, -0.25) is 9.59 Å². The van der Waals surface area contributed by atoms with E-state index in [1.165, 1.54) is 24.0 Å². The summed E-state index contributed by atoms with van der Waals surface area (Å²) >= 11 is 1.62. The molecule has 0 saturated heterocycles. The molecule has 2 aromatic carbocycles. The van der Waals surface area contributed by atoms with Crippen molar-refractivity contribution in [2.75, 3.05) is 5.75 Å². The largest absolute Gasteiger partial charge is 0.352 e. The molecule has 2 amide bonds. The normalized spacial score (nSPS) is 14.8. The molecule has 32 heavy (non-hydrogen) atoms. The molecule has 1 fully saturated rings. The molecule has 3 rings (SSSR count). The van der Waals surface area contributed by atoms with Gasteiger partial charge in [0.15, 0.2) is 0 Å². The molecule has 4 nitrogen and oxygen atoms in total. The van der Waals surface area contributed by atoms with Crippen LogP contribution in [0.25, 0.3) is 0 Å². The molecule has 1 aliphatic rings. The first-order chi connectivity index (χ1) is 15.5. The second kappa shape index (κ2) is 12.1. The smallest absolute Gasteiger partial charge is 0.243 e. The lowest BCUT2D eigenvalue weighted by Gasteiger charge is -2.31. The van der Waals surface area contributed by atoms with E-state index in [2.05, 4.69) is 43.4 Å². The van der Waals surface area contributed by atoms with Crippen molar-refractivity contribution in [3.8, 4) is 0 Å². The van der Waals surface area contributed by atoms with Crippen LogP contribution in [0.3, 0.4) is 0 Å². The molecule has 2 aromatic rings. The Balaban J connectivity index is 1.71. The van der Waals surface area contributed by atoms with Crippen LogP contribution in [0.5, 0.6) is 0 Å². The summed E-state index contributed by atoms with van der Waals surface area (Å²) in [4.78, 5) is 28.3. The van der Waals surface area contributed by atoms with Crippen molar-refractivity contribution in [3.05, 3.63) is 70.8 Å². The highest BCUT2D eigenvalue weighted by Gasteiger charge is 2.30. The fourth-order valence-electron chi connectivity index (χ4n) is 4.40. The van der Waals surface area contributed by atoms with Crippen LogP contribution in [0.4, 0.5) is 0 Å². The van der Waals surface area contributed by atoms with E-state index in [4.69, 9.17) is 0 Å². The minimum Gasteiger partial charge on any atom is -0.352 e. The van der Waals surface area contributed by atoms with Crippen molar-refractivity contribution in [3.63, 3.8) is 0 Å². The molecule has 0 spiro atoms. The van der Waals surface area contributed by atoms with E-state index >= 15 is 0 Å². The van der Waals surface area contributed by atoms with Crippen molar-refractivity contribution in [2.24, 2.45) is 0 Å². The summed E-state index contributed by atoms with van der Waals surface area (Å²) in [5.41, 5.74) is 4.72. The highest BCUT2D eigenvalue weighted by molar-refractivity contribution is 7.99. The number of aryl methyl sites for hydroxylation is 2. The number of amides is 2. The third kappa shape index (κ3) is 6.86. The Labute approximate surface area is 197 Å². The quantitative estimate of drug-likeness (QED) is 0.525. The van der Waals surface area contributed by atoms with Crippen LogP contribution in [0.2, 0.25) is 0 Å². The number of hydrogen-bond acceptors (Lipinski definition) is 3. The maximum absolute atomic E-state index is 13.4. The average molecular weight is 453 g/mol. The summed E-state index contributed by atoms with van der Waals surface area (Å²) in [5, 5.41) is 3.21. The molecule has 0 bridgehead atoms. The lowest BCUT2D eigenvalue weighted by atomic mass is 10.1. The Bertz CT molecular complexity index is 908. The highest BCUT2D eigenvalue weighted by atomic mass is 32.2. The maximum atomic E-state index is 13.4. The Morgan fingerprint density at radius 3 is 2.53 bits per heavy atom. The third-order valence-corrected chi connectivity index (χ3v) is 7.23. The zero-order valence-electron chi connectivity index (χ0n) is 19.6. The molecule has 1 atom stereocenters. The van der Waals surface area contributed by atoms with Crippen LogP contribution in [-0.4, -0.2) is 34.6 Å². The number of carbonyl (C=O) groups excluding carboxylic acids is 2. The van der Waals surface area contributed by atoms with E-state index in [9.17, 15) is 9.59 Å². The minimum atomic E-state index is -0.442. The lowest BCUT2D eigenvalue weighted by molar-refractivity contribution is -0.139. The van der Waals surface area contributed by atoms with Gasteiger partial charge in [-0.05, 0) is 49.8 Å². The number of thioether (sulfide) groups is 1. The molecule has 0 unspecified atom stereocenters. The van der Waals surface area contributed by atoms with Gasteiger partial charge in [0.1, 0.15) is 6.04 Å². The van der Waals surface area contributed by atoms with Gasteiger partial charge >= 0.3 is 0 Å². The summed E-state index contributed by atoms with van der Waals surface area (Å²) in [7, 11) is 0. The average Bonchev–Trinajstić information content (AvgIpc) is 3.28. The molecular weight excluding hydrogens is 416 g/mol. The van der Waals surface area contributed by atoms with Crippen LogP contribution in [0, 0.1) is 13.8 Å². The van der Waals surface area contributed by atoms with Gasteiger partial charge in [0, 0.05) is 18.3 Å². The molecular formula is C27H36N2O2S. The first kappa shape index (κ1) is 24.4. The number of hydrogen-bond donors (Lipinski definition) is 1. The third-order valence-electron chi connectivity index (χ3n) is 6.27. The summed E-state index contributed by atoms with van der Waals surface area (Å²) in [6.07, 6.45) is 5.03. The Morgan fingerprint density at radius 1 is 1.09 bits per heavy atom. The molecule has 0 aliphatic heterocycles. The van der Waals surface area contributed by atoms with E-state index < -0.39 is 6.04 Å². The predicted octanol–water partition coefficient (Wildman–Crippen LogP) is 5.40. The van der Waals surface area contributed by atoms with E-state index in [1.807, 2.05) is 31.2 Å². The fourth-order valence-corrected chi connectivity index (χ4v) is 5.38. The van der Waals surface area contributed by atoms with Crippen LogP contribution >= 0.6 is 11.8 Å². The van der Waals surface area contributed by atoms with Crippen molar-refractivity contribution in [1.82, 2.24) is 10.2 Å². The predicted molar refractivity (Wildman–Crippen MR) is 134 cm³/mol. The first-order valence-corrected chi connectivity index (χ1v) is 12.9. The zero-order chi connectivity index (χ0) is 22.9. The van der Waals surface area contributed by atoms with E-state index in [1.54, 1.807) is 16.7 Å². The number of nitrogens with zero attached hydrogens (tertiary/aromatic N) is 1. The van der Waals surface area contributed by atoms with Crippen molar-refractivity contribution >= 4 is 23.6 Å². The summed E-state index contributed by atoms with van der Waals surface area (Å²) < 4.78 is 0. The Kier molecular flexibility index (Phi) is 9.22. The summed E-state index contributed by atoms with van der Waals surface area (Å²) in [5.74, 6) is 1.18. The van der Waals surface area contributed by atoms with Crippen LogP contribution < -0.4 is 5.32 Å². The van der Waals surface area contributed by atoms with Crippen molar-refractivity contribution in [1.29, 1.82) is 0 Å². The van der Waals surface area contributed by atoms with Gasteiger partial charge in [-0.15, -0.1) is 11.8 Å². The lowest BCUT2D eigenvalue weighted by Crippen LogP contribution is -2.51. The molecule has 1 saturated carbocycles. The number of rotatable bonds is 10. The van der Waals surface area contributed by atoms with E-state index in [0.29, 0.717) is 18.7 Å². The van der Waals surface area contributed by atoms with Crippen molar-refractivity contribution in [2.45, 2.75) is 77.3 Å². The number of nitrogens with one attached hydrogen (secondary N) is 1. The van der Waals surface area contributed by atoms with E-state index in [0.717, 1.165) is 29.7 Å². The minimum absolute atomic E-state index is 0.00990. The van der Waals surface area contributed by atoms with Gasteiger partial charge < -0.3 is 10.2 Å². The summed E-state index contributed by atoms with van der Waals surface area (Å²) in [6, 6.07) is 16.3. The zero-order valence-corrected chi connectivity index (χ0v) is 20.4. The molecule has 0 radical (unpaired) electrons. The fraction of sp³-hybridized carbons (Fsp3) is 0.481. The van der Waals surface area contributed by atoms with Gasteiger partial charge in [0.05, 0.1) is 5.75 Å². The summed E-state index contributed by atoms with van der Waals surface area (Å²) in [6.45, 7) is 6.61. The van der Waals surface area contributed by atoms with Crippen LogP contribution in [-0.2, 0) is 21.9 Å². The van der Waals surface area contributed by atoms with Gasteiger partial charge in [-0.1, -0.05) is 73.9 Å². The highest BCUT2D eigenvalue weighted by Crippen LogP contribution is 2.21. The number of carbonyl (C=O) groups is 2. The molecule has 0 aromatic heterocycles. The Morgan fingerprint density at radius 2 is 1.84 bits per heavy atom. The van der Waals surface area contributed by atoms with Crippen LogP contribution in [0.15, 0.2) is 48.5 Å². The van der Waals surface area contributed by atoms with Gasteiger partial charge in [-0.25, -0.2) is 0 Å². The molecule has 1 N–H and O–H groups in total. The van der Waals surface area contributed by atoms with Gasteiger partial charge in [0.2, 0.25) is 11.8 Å². The molecule has 1 aliphatic carbocycles.